The molecule has 1 N–H and O–H groups in total. The Labute approximate surface area is 122 Å². The van der Waals surface area contributed by atoms with Gasteiger partial charge in [-0.15, -0.1) is 0 Å². The van der Waals surface area contributed by atoms with Crippen molar-refractivity contribution < 1.29 is 0 Å². The number of benzene rings is 1. The van der Waals surface area contributed by atoms with E-state index in [0.717, 1.165) is 13.0 Å². The van der Waals surface area contributed by atoms with Gasteiger partial charge in [0.1, 0.15) is 0 Å². The fourth-order valence-corrected chi connectivity index (χ4v) is 2.44. The zero-order valence-electron chi connectivity index (χ0n) is 13.3. The van der Waals surface area contributed by atoms with Crippen LogP contribution in [0, 0.1) is 0 Å². The molecule has 1 aromatic heterocycles. The Morgan fingerprint density at radius 2 is 1.85 bits per heavy atom. The van der Waals surface area contributed by atoms with Crippen LogP contribution in [0.3, 0.4) is 0 Å². The van der Waals surface area contributed by atoms with Gasteiger partial charge >= 0.3 is 0 Å². The molecule has 1 aromatic carbocycles. The molecule has 2 rings (SSSR count). The molecule has 2 heteroatoms. The molecule has 0 amide bonds. The van der Waals surface area contributed by atoms with E-state index in [4.69, 9.17) is 4.98 Å². The van der Waals surface area contributed by atoms with Gasteiger partial charge < -0.3 is 5.32 Å². The first-order chi connectivity index (χ1) is 9.52. The van der Waals surface area contributed by atoms with Crippen molar-refractivity contribution in [3.63, 3.8) is 0 Å². The molecule has 0 spiro atoms. The minimum Gasteiger partial charge on any atom is -0.310 e. The van der Waals surface area contributed by atoms with E-state index in [-0.39, 0.29) is 0 Å². The Kier molecular flexibility index (Phi) is 4.77. The topological polar surface area (TPSA) is 24.9 Å². The third kappa shape index (κ3) is 3.18. The lowest BCUT2D eigenvalue weighted by molar-refractivity contribution is 0.590. The van der Waals surface area contributed by atoms with Crippen LogP contribution in [-0.2, 0) is 13.0 Å². The van der Waals surface area contributed by atoms with Crippen LogP contribution in [0.2, 0.25) is 0 Å². The maximum absolute atomic E-state index is 4.91. The van der Waals surface area contributed by atoms with Crippen LogP contribution in [0.15, 0.2) is 24.3 Å². The molecule has 0 radical (unpaired) electrons. The molecule has 0 saturated heterocycles. The molecule has 0 atom stereocenters. The summed E-state index contributed by atoms with van der Waals surface area (Å²) in [6.07, 6.45) is 1.03. The number of hydrogen-bond donors (Lipinski definition) is 1. The van der Waals surface area contributed by atoms with Gasteiger partial charge in [-0.3, -0.25) is 4.98 Å². The molecule has 2 aromatic rings. The first-order valence-electron chi connectivity index (χ1n) is 7.67. The number of hydrogen-bond acceptors (Lipinski definition) is 2. The number of rotatable bonds is 5. The minimum absolute atomic E-state index is 0.460. The average molecular weight is 270 g/mol. The van der Waals surface area contributed by atoms with Crippen molar-refractivity contribution in [2.24, 2.45) is 0 Å². The molecule has 0 bridgehead atoms. The third-order valence-electron chi connectivity index (χ3n) is 3.70. The molecular weight excluding hydrogens is 244 g/mol. The van der Waals surface area contributed by atoms with Crippen molar-refractivity contribution in [2.45, 2.75) is 59.5 Å². The SMILES string of the molecule is CCc1cccc2c(CNC(C)C)cc(C(C)C)nc12. The van der Waals surface area contributed by atoms with Gasteiger partial charge in [-0.1, -0.05) is 52.8 Å². The van der Waals surface area contributed by atoms with E-state index in [1.165, 1.54) is 27.7 Å². The first-order valence-corrected chi connectivity index (χ1v) is 7.67. The number of nitrogens with zero attached hydrogens (tertiary/aromatic N) is 1. The van der Waals surface area contributed by atoms with E-state index < -0.39 is 0 Å². The number of fused-ring (bicyclic) bond motifs is 1. The largest absolute Gasteiger partial charge is 0.310 e. The highest BCUT2D eigenvalue weighted by molar-refractivity contribution is 5.85. The van der Waals surface area contributed by atoms with E-state index >= 15 is 0 Å². The zero-order valence-corrected chi connectivity index (χ0v) is 13.3. The Hall–Kier alpha value is -1.41. The molecule has 0 unspecified atom stereocenters. The second kappa shape index (κ2) is 6.36. The van der Waals surface area contributed by atoms with E-state index in [9.17, 15) is 0 Å². The van der Waals surface area contributed by atoms with Gasteiger partial charge in [0.25, 0.3) is 0 Å². The summed E-state index contributed by atoms with van der Waals surface area (Å²) in [7, 11) is 0. The van der Waals surface area contributed by atoms with Crippen LogP contribution in [0.25, 0.3) is 10.9 Å². The lowest BCUT2D eigenvalue weighted by atomic mass is 9.99. The Morgan fingerprint density at radius 3 is 2.45 bits per heavy atom. The van der Waals surface area contributed by atoms with Crippen LogP contribution >= 0.6 is 0 Å². The van der Waals surface area contributed by atoms with Crippen LogP contribution in [0.1, 0.15) is 57.4 Å². The summed E-state index contributed by atoms with van der Waals surface area (Å²) in [5.41, 5.74) is 5.08. The van der Waals surface area contributed by atoms with Crippen molar-refractivity contribution in [2.75, 3.05) is 0 Å². The van der Waals surface area contributed by atoms with Gasteiger partial charge in [0, 0.05) is 23.7 Å². The van der Waals surface area contributed by atoms with Crippen LogP contribution in [0.5, 0.6) is 0 Å². The highest BCUT2D eigenvalue weighted by atomic mass is 14.9. The minimum atomic E-state index is 0.460. The van der Waals surface area contributed by atoms with Gasteiger partial charge in [0.2, 0.25) is 0 Å². The second-order valence-corrected chi connectivity index (χ2v) is 6.06. The Bertz CT molecular complexity index is 585. The standard InChI is InChI=1S/C18H26N2/c1-6-14-8-7-9-16-15(11-19-13(4)5)10-17(12(2)3)20-18(14)16/h7-10,12-13,19H,6,11H2,1-5H3. The lowest BCUT2D eigenvalue weighted by Crippen LogP contribution is -2.22. The van der Waals surface area contributed by atoms with E-state index in [1.54, 1.807) is 0 Å². The molecule has 20 heavy (non-hydrogen) atoms. The summed E-state index contributed by atoms with van der Waals surface area (Å²) in [4.78, 5) is 4.91. The monoisotopic (exact) mass is 270 g/mol. The Balaban J connectivity index is 2.58. The Morgan fingerprint density at radius 1 is 1.10 bits per heavy atom. The molecule has 108 valence electrons. The van der Waals surface area contributed by atoms with E-state index in [0.29, 0.717) is 12.0 Å². The summed E-state index contributed by atoms with van der Waals surface area (Å²) < 4.78 is 0. The van der Waals surface area contributed by atoms with E-state index in [1.807, 2.05) is 0 Å². The zero-order chi connectivity index (χ0) is 14.7. The fourth-order valence-electron chi connectivity index (χ4n) is 2.44. The smallest absolute Gasteiger partial charge is 0.0740 e. The molecule has 2 nitrogen and oxygen atoms in total. The normalized spacial score (nSPS) is 11.8. The molecule has 0 aliphatic heterocycles. The van der Waals surface area contributed by atoms with Gasteiger partial charge in [-0.05, 0) is 29.5 Å². The number of nitrogens with one attached hydrogen (secondary N) is 1. The van der Waals surface area contributed by atoms with Gasteiger partial charge in [-0.2, -0.15) is 0 Å². The number of aromatic nitrogens is 1. The summed E-state index contributed by atoms with van der Waals surface area (Å²) in [6, 6.07) is 9.30. The lowest BCUT2D eigenvalue weighted by Gasteiger charge is -2.15. The predicted molar refractivity (Wildman–Crippen MR) is 87.2 cm³/mol. The summed E-state index contributed by atoms with van der Waals surface area (Å²) in [5, 5.41) is 4.82. The van der Waals surface area contributed by atoms with Crippen molar-refractivity contribution in [1.82, 2.24) is 10.3 Å². The van der Waals surface area contributed by atoms with Gasteiger partial charge in [0.15, 0.2) is 0 Å². The van der Waals surface area contributed by atoms with Crippen molar-refractivity contribution in [1.29, 1.82) is 0 Å². The first kappa shape index (κ1) is 15.0. The number of pyridine rings is 1. The molecule has 0 aliphatic rings. The van der Waals surface area contributed by atoms with Gasteiger partial charge in [-0.25, -0.2) is 0 Å². The maximum Gasteiger partial charge on any atom is 0.0740 e. The highest BCUT2D eigenvalue weighted by Crippen LogP contribution is 2.25. The molecule has 0 saturated carbocycles. The number of aryl methyl sites for hydroxylation is 1. The van der Waals surface area contributed by atoms with Crippen LogP contribution < -0.4 is 5.32 Å². The van der Waals surface area contributed by atoms with Crippen LogP contribution in [-0.4, -0.2) is 11.0 Å². The predicted octanol–water partition coefficient (Wildman–Crippen LogP) is 4.42. The highest BCUT2D eigenvalue weighted by Gasteiger charge is 2.11. The molecular formula is C18H26N2. The summed E-state index contributed by atoms with van der Waals surface area (Å²) >= 11 is 0. The fraction of sp³-hybridized carbons (Fsp3) is 0.500. The third-order valence-corrected chi connectivity index (χ3v) is 3.70. The molecule has 1 heterocycles. The molecule has 0 fully saturated rings. The van der Waals surface area contributed by atoms with Gasteiger partial charge in [0.05, 0.1) is 5.52 Å². The molecule has 0 aliphatic carbocycles. The summed E-state index contributed by atoms with van der Waals surface area (Å²) in [5.74, 6) is 0.460. The van der Waals surface area contributed by atoms with Crippen molar-refractivity contribution in [3.05, 3.63) is 41.1 Å². The van der Waals surface area contributed by atoms with E-state index in [2.05, 4.69) is 64.2 Å². The second-order valence-electron chi connectivity index (χ2n) is 6.06. The average Bonchev–Trinajstić information content (AvgIpc) is 2.43. The maximum atomic E-state index is 4.91. The number of para-hydroxylation sites is 1. The van der Waals surface area contributed by atoms with Crippen LogP contribution in [0.4, 0.5) is 0 Å². The van der Waals surface area contributed by atoms with Crippen molar-refractivity contribution >= 4 is 10.9 Å². The summed E-state index contributed by atoms with van der Waals surface area (Å²) in [6.45, 7) is 11.9. The quantitative estimate of drug-likeness (QED) is 0.870. The van der Waals surface area contributed by atoms with Crippen molar-refractivity contribution in [3.8, 4) is 0 Å².